The van der Waals surface area contributed by atoms with Crippen LogP contribution in [0.1, 0.15) is 19.4 Å². The maximum absolute atomic E-state index is 11.7. The van der Waals surface area contributed by atoms with E-state index in [4.69, 9.17) is 0 Å². The summed E-state index contributed by atoms with van der Waals surface area (Å²) in [4.78, 5) is 25.3. The molecular formula is C17H20N4O3S. The molecule has 132 valence electrons. The Morgan fingerprint density at radius 1 is 1.28 bits per heavy atom. The van der Waals surface area contributed by atoms with Gasteiger partial charge in [-0.1, -0.05) is 12.1 Å². The van der Waals surface area contributed by atoms with Crippen molar-refractivity contribution in [1.82, 2.24) is 5.32 Å². The lowest BCUT2D eigenvalue weighted by Crippen LogP contribution is -2.21. The third kappa shape index (κ3) is 5.18. The number of nitrogens with one attached hydrogen (secondary N) is 1. The van der Waals surface area contributed by atoms with Crippen LogP contribution < -0.4 is 10.2 Å². The summed E-state index contributed by atoms with van der Waals surface area (Å²) in [6.45, 7) is 6.14. The summed E-state index contributed by atoms with van der Waals surface area (Å²) >= 11 is 1.04. The van der Waals surface area contributed by atoms with Gasteiger partial charge in [0.2, 0.25) is 0 Å². The number of anilines is 1. The molecule has 2 rings (SSSR count). The van der Waals surface area contributed by atoms with E-state index in [0.29, 0.717) is 5.17 Å². The minimum absolute atomic E-state index is 0.226. The van der Waals surface area contributed by atoms with E-state index >= 15 is 0 Å². The number of methoxy groups -OCH3 is 1. The van der Waals surface area contributed by atoms with E-state index in [2.05, 4.69) is 39.0 Å². The van der Waals surface area contributed by atoms with Crippen LogP contribution in [0.5, 0.6) is 0 Å². The Morgan fingerprint density at radius 3 is 2.56 bits per heavy atom. The Kier molecular flexibility index (Phi) is 6.76. The number of carbonyl (C=O) groups is 2. The number of amidine groups is 1. The number of benzene rings is 1. The van der Waals surface area contributed by atoms with Gasteiger partial charge in [0.05, 0.1) is 18.2 Å². The lowest BCUT2D eigenvalue weighted by atomic mass is 10.2. The van der Waals surface area contributed by atoms with Crippen LogP contribution >= 0.6 is 11.8 Å². The molecule has 1 aromatic carbocycles. The summed E-state index contributed by atoms with van der Waals surface area (Å²) < 4.78 is 4.50. The van der Waals surface area contributed by atoms with Crippen LogP contribution in [-0.4, -0.2) is 43.5 Å². The predicted molar refractivity (Wildman–Crippen MR) is 101 cm³/mol. The van der Waals surface area contributed by atoms with Crippen molar-refractivity contribution >= 4 is 40.7 Å². The zero-order chi connectivity index (χ0) is 18.2. The summed E-state index contributed by atoms with van der Waals surface area (Å²) in [5.41, 5.74) is 2.06. The minimum atomic E-state index is -0.587. The van der Waals surface area contributed by atoms with Gasteiger partial charge < -0.3 is 9.64 Å². The zero-order valence-corrected chi connectivity index (χ0v) is 15.2. The molecule has 1 aromatic rings. The lowest BCUT2D eigenvalue weighted by Gasteiger charge is -2.20. The number of ether oxygens (including phenoxy) is 1. The number of thioether (sulfide) groups is 1. The van der Waals surface area contributed by atoms with Crippen molar-refractivity contribution in [1.29, 1.82) is 0 Å². The van der Waals surface area contributed by atoms with Gasteiger partial charge in [-0.25, -0.2) is 4.79 Å². The fourth-order valence-corrected chi connectivity index (χ4v) is 2.89. The number of carbonyl (C=O) groups excluding carboxylic acids is 2. The smallest absolute Gasteiger partial charge is 0.331 e. The molecule has 1 amide bonds. The van der Waals surface area contributed by atoms with Gasteiger partial charge in [0.1, 0.15) is 0 Å². The molecule has 1 aliphatic heterocycles. The standard InChI is InChI=1S/C17H20N4O3S/c1-4-21(5-2)13-8-6-12(7-9-13)11-18-20-17-19-16(23)14(25-17)10-15(22)24-3/h6-11H,4-5H2,1-3H3,(H,19,20,23)/b14-10+,18-11?. The maximum Gasteiger partial charge on any atom is 0.331 e. The molecule has 1 N–H and O–H groups in total. The first-order chi connectivity index (χ1) is 12.1. The summed E-state index contributed by atoms with van der Waals surface area (Å²) in [5, 5.41) is 10.8. The van der Waals surface area contributed by atoms with Gasteiger partial charge in [0.25, 0.3) is 5.91 Å². The molecule has 0 aromatic heterocycles. The second-order valence-electron chi connectivity index (χ2n) is 5.00. The summed E-state index contributed by atoms with van der Waals surface area (Å²) in [6.07, 6.45) is 2.73. The number of esters is 1. The van der Waals surface area contributed by atoms with Crippen LogP contribution in [0.4, 0.5) is 5.69 Å². The number of hydrogen-bond acceptors (Lipinski definition) is 7. The van der Waals surface area contributed by atoms with Crippen molar-refractivity contribution in [3.63, 3.8) is 0 Å². The number of hydrogen-bond donors (Lipinski definition) is 1. The Morgan fingerprint density at radius 2 is 1.96 bits per heavy atom. The molecule has 0 atom stereocenters. The van der Waals surface area contributed by atoms with Gasteiger partial charge in [-0.3, -0.25) is 10.1 Å². The molecular weight excluding hydrogens is 340 g/mol. The average Bonchev–Trinajstić information content (AvgIpc) is 2.96. The van der Waals surface area contributed by atoms with Gasteiger partial charge in [0, 0.05) is 24.9 Å². The van der Waals surface area contributed by atoms with Gasteiger partial charge in [-0.2, -0.15) is 5.10 Å². The molecule has 1 fully saturated rings. The summed E-state index contributed by atoms with van der Waals surface area (Å²) in [7, 11) is 1.25. The van der Waals surface area contributed by atoms with E-state index in [1.807, 2.05) is 24.3 Å². The highest BCUT2D eigenvalue weighted by Crippen LogP contribution is 2.23. The molecule has 7 nitrogen and oxygen atoms in total. The molecule has 0 unspecified atom stereocenters. The van der Waals surface area contributed by atoms with Crippen LogP contribution in [0.3, 0.4) is 0 Å². The second kappa shape index (κ2) is 9.03. The molecule has 8 heteroatoms. The first kappa shape index (κ1) is 18.7. The fraction of sp³-hybridized carbons (Fsp3) is 0.294. The fourth-order valence-electron chi connectivity index (χ4n) is 2.15. The molecule has 0 radical (unpaired) electrons. The Balaban J connectivity index is 2.01. The van der Waals surface area contributed by atoms with Crippen LogP contribution in [0.2, 0.25) is 0 Å². The number of nitrogens with zero attached hydrogens (tertiary/aromatic N) is 3. The molecule has 1 aliphatic rings. The first-order valence-electron chi connectivity index (χ1n) is 7.82. The highest BCUT2D eigenvalue weighted by Gasteiger charge is 2.24. The Labute approximate surface area is 150 Å². The van der Waals surface area contributed by atoms with Crippen molar-refractivity contribution in [3.05, 3.63) is 40.8 Å². The van der Waals surface area contributed by atoms with E-state index in [0.717, 1.165) is 42.2 Å². The highest BCUT2D eigenvalue weighted by molar-refractivity contribution is 8.18. The van der Waals surface area contributed by atoms with Crippen molar-refractivity contribution in [2.45, 2.75) is 13.8 Å². The van der Waals surface area contributed by atoms with E-state index in [-0.39, 0.29) is 4.91 Å². The van der Waals surface area contributed by atoms with Gasteiger partial charge in [-0.05, 0) is 43.3 Å². The van der Waals surface area contributed by atoms with Gasteiger partial charge >= 0.3 is 5.97 Å². The van der Waals surface area contributed by atoms with E-state index < -0.39 is 11.9 Å². The van der Waals surface area contributed by atoms with E-state index in [9.17, 15) is 9.59 Å². The van der Waals surface area contributed by atoms with Crippen molar-refractivity contribution in [2.24, 2.45) is 10.2 Å². The molecule has 0 aliphatic carbocycles. The molecule has 0 bridgehead atoms. The van der Waals surface area contributed by atoms with E-state index in [1.165, 1.54) is 7.11 Å². The molecule has 0 spiro atoms. The normalized spacial score (nSPS) is 17.3. The SMILES string of the molecule is CCN(CC)c1ccc(C=N/N=C2/NC(=O)/C(=C\C(=O)OC)S2)cc1. The minimum Gasteiger partial charge on any atom is -0.466 e. The highest BCUT2D eigenvalue weighted by atomic mass is 32.2. The molecule has 1 heterocycles. The predicted octanol–water partition coefficient (Wildman–Crippen LogP) is 2.14. The molecule has 25 heavy (non-hydrogen) atoms. The maximum atomic E-state index is 11.7. The monoisotopic (exact) mass is 360 g/mol. The number of amides is 1. The van der Waals surface area contributed by atoms with Gasteiger partial charge in [-0.15, -0.1) is 5.10 Å². The van der Waals surface area contributed by atoms with Crippen LogP contribution in [0, 0.1) is 0 Å². The van der Waals surface area contributed by atoms with Crippen LogP contribution in [0.15, 0.2) is 45.4 Å². The molecule has 0 saturated carbocycles. The zero-order valence-electron chi connectivity index (χ0n) is 14.4. The Hall–Kier alpha value is -2.61. The van der Waals surface area contributed by atoms with E-state index in [1.54, 1.807) is 6.21 Å². The van der Waals surface area contributed by atoms with Crippen LogP contribution in [0.25, 0.3) is 0 Å². The van der Waals surface area contributed by atoms with Crippen molar-refractivity contribution < 1.29 is 14.3 Å². The largest absolute Gasteiger partial charge is 0.466 e. The van der Waals surface area contributed by atoms with Crippen molar-refractivity contribution in [2.75, 3.05) is 25.1 Å². The quantitative estimate of drug-likeness (QED) is 0.364. The second-order valence-corrected chi connectivity index (χ2v) is 6.03. The third-order valence-electron chi connectivity index (χ3n) is 3.48. The first-order valence-corrected chi connectivity index (χ1v) is 8.63. The molecule has 1 saturated heterocycles. The summed E-state index contributed by atoms with van der Waals surface area (Å²) in [6, 6.07) is 7.98. The van der Waals surface area contributed by atoms with Crippen molar-refractivity contribution in [3.8, 4) is 0 Å². The van der Waals surface area contributed by atoms with Crippen LogP contribution in [-0.2, 0) is 14.3 Å². The topological polar surface area (TPSA) is 83.4 Å². The van der Waals surface area contributed by atoms with Gasteiger partial charge in [0.15, 0.2) is 5.17 Å². The lowest BCUT2D eigenvalue weighted by molar-refractivity contribution is -0.135. The summed E-state index contributed by atoms with van der Waals surface area (Å²) in [5.74, 6) is -0.983. The number of rotatable bonds is 6. The third-order valence-corrected chi connectivity index (χ3v) is 4.38. The Bertz CT molecular complexity index is 722. The average molecular weight is 360 g/mol.